The van der Waals surface area contributed by atoms with Gasteiger partial charge in [0.15, 0.2) is 0 Å². The van der Waals surface area contributed by atoms with E-state index < -0.39 is 6.23 Å². The summed E-state index contributed by atoms with van der Waals surface area (Å²) in [5.41, 5.74) is -0.0694. The second-order valence-electron chi connectivity index (χ2n) is 4.75. The topological polar surface area (TPSA) is 67.8 Å². The zero-order valence-corrected chi connectivity index (χ0v) is 12.2. The van der Waals surface area contributed by atoms with Gasteiger partial charge in [-0.1, -0.05) is 13.8 Å². The van der Waals surface area contributed by atoms with Crippen LogP contribution in [0.5, 0.6) is 0 Å². The third-order valence-electron chi connectivity index (χ3n) is 2.63. The smallest absolute Gasteiger partial charge is 0.117 e. The molecule has 0 heterocycles. The van der Waals surface area contributed by atoms with Crippen molar-refractivity contribution in [1.29, 1.82) is 0 Å². The molecule has 1 unspecified atom stereocenters. The van der Waals surface area contributed by atoms with E-state index in [1.807, 2.05) is 46.7 Å². The number of aliphatic hydroxyl groups excluding tert-OH is 2. The van der Waals surface area contributed by atoms with E-state index in [1.54, 1.807) is 0 Å². The maximum Gasteiger partial charge on any atom is 0.117 e. The molecule has 0 fully saturated rings. The van der Waals surface area contributed by atoms with Crippen LogP contribution in [0.15, 0.2) is 0 Å². The molecule has 17 heavy (non-hydrogen) atoms. The van der Waals surface area contributed by atoms with Crippen LogP contribution < -0.4 is 10.6 Å². The molecule has 0 amide bonds. The van der Waals surface area contributed by atoms with E-state index in [1.165, 1.54) is 0 Å². The van der Waals surface area contributed by atoms with E-state index in [2.05, 4.69) is 10.6 Å². The molecule has 0 saturated heterocycles. The molecule has 0 aromatic carbocycles. The Morgan fingerprint density at radius 3 is 1.94 bits per heavy atom. The number of nitrogens with one attached hydrogen (secondary N) is 2. The molecule has 0 aromatic heterocycles. The average Bonchev–Trinajstić information content (AvgIpc) is 2.27. The Kier molecular flexibility index (Phi) is 12.3. The van der Waals surface area contributed by atoms with Crippen molar-refractivity contribution in [1.82, 2.24) is 15.5 Å². The molecule has 106 valence electrons. The number of likely N-dealkylation sites (N-methyl/N-ethyl adjacent to an activating group) is 3. The van der Waals surface area contributed by atoms with E-state index in [0.717, 1.165) is 13.1 Å². The summed E-state index contributed by atoms with van der Waals surface area (Å²) < 4.78 is 0. The highest BCUT2D eigenvalue weighted by atomic mass is 16.3. The third-order valence-corrected chi connectivity index (χ3v) is 2.63. The van der Waals surface area contributed by atoms with Crippen molar-refractivity contribution in [3.8, 4) is 0 Å². The monoisotopic (exact) mass is 249 g/mol. The van der Waals surface area contributed by atoms with Crippen molar-refractivity contribution in [2.75, 3.05) is 40.3 Å². The zero-order chi connectivity index (χ0) is 13.9. The molecular formula is C12H31N3O2. The fourth-order valence-electron chi connectivity index (χ4n) is 0.730. The van der Waals surface area contributed by atoms with Crippen molar-refractivity contribution in [3.63, 3.8) is 0 Å². The second-order valence-corrected chi connectivity index (χ2v) is 4.75. The number of rotatable bonds is 7. The van der Waals surface area contributed by atoms with Crippen LogP contribution >= 0.6 is 0 Å². The Labute approximate surface area is 106 Å². The van der Waals surface area contributed by atoms with Gasteiger partial charge >= 0.3 is 0 Å². The van der Waals surface area contributed by atoms with Crippen LogP contribution in [-0.2, 0) is 0 Å². The minimum atomic E-state index is -0.394. The minimum Gasteiger partial charge on any atom is -0.394 e. The second kappa shape index (κ2) is 10.9. The van der Waals surface area contributed by atoms with Crippen molar-refractivity contribution in [2.24, 2.45) is 0 Å². The molecular weight excluding hydrogens is 218 g/mol. The van der Waals surface area contributed by atoms with Crippen LogP contribution in [0.2, 0.25) is 0 Å². The molecule has 0 radical (unpaired) electrons. The SMILES string of the molecule is CCNCC(O)NCC.CN(C)C(C)(C)CO. The molecule has 0 aliphatic heterocycles. The Morgan fingerprint density at radius 2 is 1.71 bits per heavy atom. The van der Waals surface area contributed by atoms with Gasteiger partial charge in [0.1, 0.15) is 6.23 Å². The van der Waals surface area contributed by atoms with Gasteiger partial charge in [-0.15, -0.1) is 0 Å². The van der Waals surface area contributed by atoms with Crippen LogP contribution in [0.3, 0.4) is 0 Å². The molecule has 5 nitrogen and oxygen atoms in total. The summed E-state index contributed by atoms with van der Waals surface area (Å²) in [6.07, 6.45) is -0.394. The summed E-state index contributed by atoms with van der Waals surface area (Å²) >= 11 is 0. The largest absolute Gasteiger partial charge is 0.394 e. The number of hydrogen-bond acceptors (Lipinski definition) is 5. The van der Waals surface area contributed by atoms with Crippen molar-refractivity contribution < 1.29 is 10.2 Å². The lowest BCUT2D eigenvalue weighted by atomic mass is 10.1. The van der Waals surface area contributed by atoms with Gasteiger partial charge in [-0.05, 0) is 41.0 Å². The first kappa shape index (κ1) is 19.1. The van der Waals surface area contributed by atoms with Gasteiger partial charge in [0.05, 0.1) is 6.61 Å². The molecule has 0 bridgehead atoms. The molecule has 0 aromatic rings. The quantitative estimate of drug-likeness (QED) is 0.472. The highest BCUT2D eigenvalue weighted by Crippen LogP contribution is 2.06. The Bertz CT molecular complexity index is 164. The van der Waals surface area contributed by atoms with E-state index in [4.69, 9.17) is 10.2 Å². The van der Waals surface area contributed by atoms with Gasteiger partial charge in [-0.2, -0.15) is 0 Å². The van der Waals surface area contributed by atoms with Crippen molar-refractivity contribution in [2.45, 2.75) is 39.5 Å². The summed E-state index contributed by atoms with van der Waals surface area (Å²) in [4.78, 5) is 1.99. The summed E-state index contributed by atoms with van der Waals surface area (Å²) in [5.74, 6) is 0. The van der Waals surface area contributed by atoms with E-state index in [-0.39, 0.29) is 12.1 Å². The highest BCUT2D eigenvalue weighted by molar-refractivity contribution is 4.74. The van der Waals surface area contributed by atoms with Crippen molar-refractivity contribution >= 4 is 0 Å². The first-order chi connectivity index (χ1) is 7.81. The van der Waals surface area contributed by atoms with Crippen LogP contribution in [-0.4, -0.2) is 67.2 Å². The lowest BCUT2D eigenvalue weighted by Crippen LogP contribution is -2.41. The van der Waals surface area contributed by atoms with Gasteiger partial charge in [-0.25, -0.2) is 0 Å². The first-order valence-electron chi connectivity index (χ1n) is 6.22. The van der Waals surface area contributed by atoms with E-state index >= 15 is 0 Å². The fourth-order valence-corrected chi connectivity index (χ4v) is 0.730. The van der Waals surface area contributed by atoms with Crippen LogP contribution in [0.4, 0.5) is 0 Å². The molecule has 5 heteroatoms. The molecule has 4 N–H and O–H groups in total. The molecule has 0 rings (SSSR count). The Hall–Kier alpha value is -0.200. The molecule has 0 aliphatic rings. The van der Waals surface area contributed by atoms with Crippen LogP contribution in [0, 0.1) is 0 Å². The third kappa shape index (κ3) is 12.1. The minimum absolute atomic E-state index is 0.0694. The maximum absolute atomic E-state index is 9.01. The predicted molar refractivity (Wildman–Crippen MR) is 73.1 cm³/mol. The summed E-state index contributed by atoms with van der Waals surface area (Å²) in [6, 6.07) is 0. The first-order valence-corrected chi connectivity index (χ1v) is 6.22. The number of hydrogen-bond donors (Lipinski definition) is 4. The van der Waals surface area contributed by atoms with Gasteiger partial charge in [0.25, 0.3) is 0 Å². The Morgan fingerprint density at radius 1 is 1.18 bits per heavy atom. The zero-order valence-electron chi connectivity index (χ0n) is 12.2. The van der Waals surface area contributed by atoms with E-state index in [0.29, 0.717) is 6.54 Å². The predicted octanol–water partition coefficient (Wildman–Crippen LogP) is -0.157. The van der Waals surface area contributed by atoms with Gasteiger partial charge in [0.2, 0.25) is 0 Å². The molecule has 1 atom stereocenters. The lowest BCUT2D eigenvalue weighted by molar-refractivity contribution is 0.100. The number of nitrogens with zero attached hydrogens (tertiary/aromatic N) is 1. The van der Waals surface area contributed by atoms with Crippen molar-refractivity contribution in [3.05, 3.63) is 0 Å². The fraction of sp³-hybridized carbons (Fsp3) is 1.00. The van der Waals surface area contributed by atoms with Gasteiger partial charge in [0, 0.05) is 12.1 Å². The van der Waals surface area contributed by atoms with Crippen LogP contribution in [0.25, 0.3) is 0 Å². The van der Waals surface area contributed by atoms with Gasteiger partial charge < -0.3 is 20.4 Å². The summed E-state index contributed by atoms with van der Waals surface area (Å²) in [7, 11) is 3.91. The van der Waals surface area contributed by atoms with Gasteiger partial charge in [-0.3, -0.25) is 5.32 Å². The maximum atomic E-state index is 9.01. The molecule has 0 aliphatic carbocycles. The number of aliphatic hydroxyl groups is 2. The lowest BCUT2D eigenvalue weighted by Gasteiger charge is -2.29. The molecule has 0 saturated carbocycles. The normalized spacial score (nSPS) is 13.2. The van der Waals surface area contributed by atoms with E-state index in [9.17, 15) is 0 Å². The summed E-state index contributed by atoms with van der Waals surface area (Å²) in [6.45, 7) is 10.5. The summed E-state index contributed by atoms with van der Waals surface area (Å²) in [5, 5.41) is 23.6. The molecule has 0 spiro atoms. The standard InChI is InChI=1S/C6H16N2O.C6H15NO/c1-3-7-5-6(9)8-4-2;1-6(2,5-8)7(3)4/h6-9H,3-5H2,1-2H3;8H,5H2,1-4H3. The van der Waals surface area contributed by atoms with Crippen LogP contribution in [0.1, 0.15) is 27.7 Å². The average molecular weight is 249 g/mol. The highest BCUT2D eigenvalue weighted by Gasteiger charge is 2.17. The Balaban J connectivity index is 0.